The molecule has 3 atom stereocenters. The van der Waals surface area contributed by atoms with Gasteiger partial charge < -0.3 is 0 Å². The summed E-state index contributed by atoms with van der Waals surface area (Å²) in [5, 5.41) is 0. The molecule has 80 valence electrons. The summed E-state index contributed by atoms with van der Waals surface area (Å²) < 4.78 is 0. The van der Waals surface area contributed by atoms with Gasteiger partial charge >= 0.3 is 0 Å². The van der Waals surface area contributed by atoms with Gasteiger partial charge in [-0.05, 0) is 29.6 Å². The Hall–Kier alpha value is 0. The Bertz CT molecular complexity index is 124. The van der Waals surface area contributed by atoms with Crippen LogP contribution in [0.4, 0.5) is 0 Å². The molecule has 0 fully saturated rings. The SMILES string of the molecule is CCC(C)C(C(C)C)C(C)C(C)C. The van der Waals surface area contributed by atoms with E-state index >= 15 is 0 Å². The monoisotopic (exact) mass is 184 g/mol. The van der Waals surface area contributed by atoms with Crippen molar-refractivity contribution >= 4 is 0 Å². The van der Waals surface area contributed by atoms with Crippen LogP contribution in [0.3, 0.4) is 0 Å². The van der Waals surface area contributed by atoms with Crippen molar-refractivity contribution < 1.29 is 0 Å². The minimum Gasteiger partial charge on any atom is -0.0651 e. The van der Waals surface area contributed by atoms with Gasteiger partial charge in [-0.25, -0.2) is 0 Å². The quantitative estimate of drug-likeness (QED) is 0.586. The summed E-state index contributed by atoms with van der Waals surface area (Å²) in [6, 6.07) is 0. The van der Waals surface area contributed by atoms with Gasteiger partial charge in [0.2, 0.25) is 0 Å². The molecule has 0 aromatic rings. The van der Waals surface area contributed by atoms with E-state index in [1.807, 2.05) is 0 Å². The van der Waals surface area contributed by atoms with Crippen molar-refractivity contribution in [2.45, 2.75) is 54.9 Å². The first-order chi connectivity index (χ1) is 5.91. The summed E-state index contributed by atoms with van der Waals surface area (Å²) in [7, 11) is 0. The largest absolute Gasteiger partial charge is 0.0651 e. The van der Waals surface area contributed by atoms with Crippen LogP contribution >= 0.6 is 0 Å². The maximum atomic E-state index is 2.42. The van der Waals surface area contributed by atoms with Crippen LogP contribution in [-0.2, 0) is 0 Å². The third kappa shape index (κ3) is 3.70. The Morgan fingerprint density at radius 2 is 1.23 bits per heavy atom. The van der Waals surface area contributed by atoms with Crippen LogP contribution < -0.4 is 0 Å². The number of rotatable bonds is 5. The van der Waals surface area contributed by atoms with Gasteiger partial charge in [0.05, 0.1) is 0 Å². The molecular weight excluding hydrogens is 156 g/mol. The van der Waals surface area contributed by atoms with Crippen molar-refractivity contribution in [3.63, 3.8) is 0 Å². The molecule has 13 heavy (non-hydrogen) atoms. The summed E-state index contributed by atoms with van der Waals surface area (Å²) in [6.45, 7) is 16.6. The molecule has 0 aliphatic rings. The first-order valence-corrected chi connectivity index (χ1v) is 5.91. The average molecular weight is 184 g/mol. The Kier molecular flexibility index (Phi) is 5.67. The van der Waals surface area contributed by atoms with Crippen LogP contribution in [0, 0.1) is 29.6 Å². The normalized spacial score (nSPS) is 19.2. The molecule has 0 nitrogen and oxygen atoms in total. The molecule has 0 saturated carbocycles. The van der Waals surface area contributed by atoms with E-state index in [2.05, 4.69) is 48.5 Å². The van der Waals surface area contributed by atoms with Gasteiger partial charge in [0, 0.05) is 0 Å². The zero-order chi connectivity index (χ0) is 10.6. The summed E-state index contributed by atoms with van der Waals surface area (Å²) in [6.07, 6.45) is 1.32. The maximum Gasteiger partial charge on any atom is -0.0337 e. The molecule has 0 heterocycles. The fraction of sp³-hybridized carbons (Fsp3) is 1.00. The van der Waals surface area contributed by atoms with Gasteiger partial charge in [0.15, 0.2) is 0 Å². The van der Waals surface area contributed by atoms with Crippen LogP contribution in [0.2, 0.25) is 0 Å². The van der Waals surface area contributed by atoms with Crippen LogP contribution in [-0.4, -0.2) is 0 Å². The zero-order valence-corrected chi connectivity index (χ0v) is 10.6. The summed E-state index contributed by atoms with van der Waals surface area (Å²) in [5.74, 6) is 4.27. The second kappa shape index (κ2) is 5.67. The lowest BCUT2D eigenvalue weighted by Crippen LogP contribution is -2.27. The molecule has 0 N–H and O–H groups in total. The molecule has 0 heteroatoms. The second-order valence-electron chi connectivity index (χ2n) is 5.31. The first-order valence-electron chi connectivity index (χ1n) is 5.91. The Morgan fingerprint density at radius 1 is 0.769 bits per heavy atom. The third-order valence-electron chi connectivity index (χ3n) is 3.73. The standard InChI is InChI=1S/C13H28/c1-8-11(6)13(10(4)5)12(7)9(2)3/h9-13H,8H2,1-7H3. The van der Waals surface area contributed by atoms with Crippen LogP contribution in [0.15, 0.2) is 0 Å². The van der Waals surface area contributed by atoms with Gasteiger partial charge in [-0.3, -0.25) is 0 Å². The molecule has 0 aliphatic heterocycles. The van der Waals surface area contributed by atoms with E-state index in [0.717, 1.165) is 29.6 Å². The smallest absolute Gasteiger partial charge is 0.0337 e. The van der Waals surface area contributed by atoms with Crippen molar-refractivity contribution in [1.82, 2.24) is 0 Å². The highest BCUT2D eigenvalue weighted by atomic mass is 14.3. The van der Waals surface area contributed by atoms with E-state index in [4.69, 9.17) is 0 Å². The lowest BCUT2D eigenvalue weighted by atomic mass is 9.71. The zero-order valence-electron chi connectivity index (χ0n) is 10.6. The van der Waals surface area contributed by atoms with Crippen LogP contribution in [0.5, 0.6) is 0 Å². The highest BCUT2D eigenvalue weighted by molar-refractivity contribution is 4.76. The lowest BCUT2D eigenvalue weighted by molar-refractivity contribution is 0.145. The Morgan fingerprint density at radius 3 is 1.46 bits per heavy atom. The van der Waals surface area contributed by atoms with Gasteiger partial charge in [0.25, 0.3) is 0 Å². The number of hydrogen-bond acceptors (Lipinski definition) is 0. The van der Waals surface area contributed by atoms with E-state index in [1.54, 1.807) is 0 Å². The van der Waals surface area contributed by atoms with Crippen molar-refractivity contribution in [2.24, 2.45) is 29.6 Å². The molecule has 0 spiro atoms. The minimum absolute atomic E-state index is 0.821. The second-order valence-corrected chi connectivity index (χ2v) is 5.31. The fourth-order valence-electron chi connectivity index (χ4n) is 2.50. The van der Waals surface area contributed by atoms with E-state index in [1.165, 1.54) is 6.42 Å². The fourth-order valence-corrected chi connectivity index (χ4v) is 2.50. The Labute approximate surface area is 85.1 Å². The molecular formula is C13H28. The molecule has 0 saturated heterocycles. The van der Waals surface area contributed by atoms with Crippen molar-refractivity contribution in [1.29, 1.82) is 0 Å². The molecule has 0 aromatic carbocycles. The first kappa shape index (κ1) is 13.0. The summed E-state index contributed by atoms with van der Waals surface area (Å²) in [5.41, 5.74) is 0. The maximum absolute atomic E-state index is 2.42. The Balaban J connectivity index is 4.41. The predicted molar refractivity (Wildman–Crippen MR) is 61.8 cm³/mol. The molecule has 0 amide bonds. The van der Waals surface area contributed by atoms with Gasteiger partial charge in [-0.2, -0.15) is 0 Å². The van der Waals surface area contributed by atoms with E-state index in [-0.39, 0.29) is 0 Å². The predicted octanol–water partition coefficient (Wildman–Crippen LogP) is 4.60. The topological polar surface area (TPSA) is 0 Å². The summed E-state index contributed by atoms with van der Waals surface area (Å²) in [4.78, 5) is 0. The number of hydrogen-bond donors (Lipinski definition) is 0. The van der Waals surface area contributed by atoms with Crippen molar-refractivity contribution in [3.05, 3.63) is 0 Å². The molecule has 0 radical (unpaired) electrons. The molecule has 0 aliphatic carbocycles. The highest BCUT2D eigenvalue weighted by Gasteiger charge is 2.27. The lowest BCUT2D eigenvalue weighted by Gasteiger charge is -2.34. The molecule has 3 unspecified atom stereocenters. The third-order valence-corrected chi connectivity index (χ3v) is 3.73. The van der Waals surface area contributed by atoms with Gasteiger partial charge in [-0.1, -0.05) is 54.9 Å². The van der Waals surface area contributed by atoms with E-state index in [9.17, 15) is 0 Å². The van der Waals surface area contributed by atoms with Gasteiger partial charge in [0.1, 0.15) is 0 Å². The van der Waals surface area contributed by atoms with E-state index in [0.29, 0.717) is 0 Å². The average Bonchev–Trinajstić information content (AvgIpc) is 2.03. The van der Waals surface area contributed by atoms with Crippen molar-refractivity contribution in [2.75, 3.05) is 0 Å². The summed E-state index contributed by atoms with van der Waals surface area (Å²) >= 11 is 0. The molecule has 0 bridgehead atoms. The van der Waals surface area contributed by atoms with Crippen LogP contribution in [0.25, 0.3) is 0 Å². The van der Waals surface area contributed by atoms with Gasteiger partial charge in [-0.15, -0.1) is 0 Å². The highest BCUT2D eigenvalue weighted by Crippen LogP contribution is 2.34. The van der Waals surface area contributed by atoms with Crippen molar-refractivity contribution in [3.8, 4) is 0 Å². The van der Waals surface area contributed by atoms with Crippen LogP contribution in [0.1, 0.15) is 54.9 Å². The molecule has 0 aromatic heterocycles. The van der Waals surface area contributed by atoms with E-state index < -0.39 is 0 Å². The molecule has 0 rings (SSSR count). The minimum atomic E-state index is 0.821.